The molecule has 0 spiro atoms. The average molecular weight is 369 g/mol. The molecule has 0 aromatic heterocycles. The smallest absolute Gasteiger partial charge is 0.272 e. The van der Waals surface area contributed by atoms with Crippen LogP contribution >= 0.6 is 0 Å². The van der Waals surface area contributed by atoms with E-state index in [4.69, 9.17) is 4.74 Å². The third kappa shape index (κ3) is 5.96. The number of amides is 2. The summed E-state index contributed by atoms with van der Waals surface area (Å²) in [7, 11) is 0. The van der Waals surface area contributed by atoms with Gasteiger partial charge in [0.05, 0.1) is 11.5 Å². The summed E-state index contributed by atoms with van der Waals surface area (Å²) < 4.78 is 5.34. The summed E-state index contributed by atoms with van der Waals surface area (Å²) in [6, 6.07) is 12.5. The average Bonchev–Trinajstić information content (AvgIpc) is 2.63. The summed E-state index contributed by atoms with van der Waals surface area (Å²) in [5.74, 6) is -0.320. The maximum atomic E-state index is 12.5. The summed E-state index contributed by atoms with van der Waals surface area (Å²) in [6.45, 7) is 3.67. The lowest BCUT2D eigenvalue weighted by Crippen LogP contribution is -2.28. The number of carbonyl (C=O) groups excluding carboxylic acids is 2. The first kappa shape index (κ1) is 19.6. The second-order valence-corrected chi connectivity index (χ2v) is 5.50. The van der Waals surface area contributed by atoms with E-state index in [2.05, 4.69) is 10.6 Å². The fourth-order valence-corrected chi connectivity index (χ4v) is 2.24. The molecule has 2 amide bonds. The molecular weight excluding hydrogens is 350 g/mol. The van der Waals surface area contributed by atoms with Gasteiger partial charge in [0.25, 0.3) is 11.6 Å². The van der Waals surface area contributed by atoms with Crippen molar-refractivity contribution in [1.29, 1.82) is 0 Å². The lowest BCUT2D eigenvalue weighted by atomic mass is 10.1. The molecule has 0 aliphatic carbocycles. The van der Waals surface area contributed by atoms with Crippen molar-refractivity contribution in [2.75, 3.05) is 11.9 Å². The van der Waals surface area contributed by atoms with E-state index in [1.54, 1.807) is 30.3 Å². The number of non-ortho nitro benzene ring substituents is 1. The van der Waals surface area contributed by atoms with Gasteiger partial charge in [-0.2, -0.15) is 0 Å². The third-order valence-electron chi connectivity index (χ3n) is 3.37. The van der Waals surface area contributed by atoms with E-state index in [9.17, 15) is 19.7 Å². The van der Waals surface area contributed by atoms with Crippen LogP contribution in [0.25, 0.3) is 6.08 Å². The van der Waals surface area contributed by atoms with E-state index in [-0.39, 0.29) is 11.4 Å². The molecule has 2 rings (SSSR count). The summed E-state index contributed by atoms with van der Waals surface area (Å²) in [5, 5.41) is 16.0. The van der Waals surface area contributed by atoms with Crippen LogP contribution in [-0.2, 0) is 9.59 Å². The van der Waals surface area contributed by atoms with Gasteiger partial charge in [0.15, 0.2) is 0 Å². The standard InChI is InChI=1S/C19H19N3O5/c1-3-27-17-9-7-15(8-10-17)21-19(24)18(20-13(2)23)12-14-5-4-6-16(11-14)22(25)26/h4-12H,3H2,1-2H3,(H,20,23)(H,21,24)/b18-12+. The van der Waals surface area contributed by atoms with Crippen molar-refractivity contribution in [2.45, 2.75) is 13.8 Å². The third-order valence-corrected chi connectivity index (χ3v) is 3.37. The van der Waals surface area contributed by atoms with Gasteiger partial charge in [-0.15, -0.1) is 0 Å². The molecule has 2 aromatic rings. The van der Waals surface area contributed by atoms with Gasteiger partial charge in [0.1, 0.15) is 11.4 Å². The van der Waals surface area contributed by atoms with E-state index in [0.29, 0.717) is 23.6 Å². The number of ether oxygens (including phenoxy) is 1. The number of nitro benzene ring substituents is 1. The van der Waals surface area contributed by atoms with Gasteiger partial charge in [0.2, 0.25) is 5.91 Å². The molecule has 0 radical (unpaired) electrons. The van der Waals surface area contributed by atoms with Crippen LogP contribution in [0.15, 0.2) is 54.2 Å². The minimum absolute atomic E-state index is 0.0307. The maximum Gasteiger partial charge on any atom is 0.272 e. The normalized spacial score (nSPS) is 10.8. The molecule has 0 unspecified atom stereocenters. The second-order valence-electron chi connectivity index (χ2n) is 5.50. The number of nitrogens with one attached hydrogen (secondary N) is 2. The molecule has 0 fully saturated rings. The van der Waals surface area contributed by atoms with Crippen molar-refractivity contribution in [3.8, 4) is 5.75 Å². The number of hydrogen-bond acceptors (Lipinski definition) is 5. The fourth-order valence-electron chi connectivity index (χ4n) is 2.24. The Morgan fingerprint density at radius 1 is 1.19 bits per heavy atom. The molecular formula is C19H19N3O5. The van der Waals surface area contributed by atoms with E-state index in [0.717, 1.165) is 0 Å². The van der Waals surface area contributed by atoms with E-state index < -0.39 is 16.7 Å². The predicted octanol–water partition coefficient (Wildman–Crippen LogP) is 3.11. The largest absolute Gasteiger partial charge is 0.494 e. The summed E-state index contributed by atoms with van der Waals surface area (Å²) in [6.07, 6.45) is 1.37. The molecule has 8 heteroatoms. The van der Waals surface area contributed by atoms with Crippen LogP contribution in [0.1, 0.15) is 19.4 Å². The highest BCUT2D eigenvalue weighted by Crippen LogP contribution is 2.18. The number of rotatable bonds is 7. The molecule has 0 heterocycles. The van der Waals surface area contributed by atoms with Crippen LogP contribution in [0, 0.1) is 10.1 Å². The highest BCUT2D eigenvalue weighted by molar-refractivity contribution is 6.08. The van der Waals surface area contributed by atoms with Crippen molar-refractivity contribution in [1.82, 2.24) is 5.32 Å². The second kappa shape index (κ2) is 9.14. The van der Waals surface area contributed by atoms with Gasteiger partial charge >= 0.3 is 0 Å². The Kier molecular flexibility index (Phi) is 6.65. The monoisotopic (exact) mass is 369 g/mol. The zero-order chi connectivity index (χ0) is 19.8. The van der Waals surface area contributed by atoms with Crippen LogP contribution in [0.2, 0.25) is 0 Å². The van der Waals surface area contributed by atoms with Gasteiger partial charge in [-0.05, 0) is 42.8 Å². The number of hydrogen-bond donors (Lipinski definition) is 2. The van der Waals surface area contributed by atoms with Crippen LogP contribution in [-0.4, -0.2) is 23.3 Å². The molecule has 0 bridgehead atoms. The number of nitro groups is 1. The summed E-state index contributed by atoms with van der Waals surface area (Å²) >= 11 is 0. The molecule has 0 atom stereocenters. The van der Waals surface area contributed by atoms with Crippen LogP contribution in [0.3, 0.4) is 0 Å². The van der Waals surface area contributed by atoms with Gasteiger partial charge in [0, 0.05) is 24.7 Å². The highest BCUT2D eigenvalue weighted by atomic mass is 16.6. The SMILES string of the molecule is CCOc1ccc(NC(=O)/C(=C\c2cccc([N+](=O)[O-])c2)NC(C)=O)cc1. The first-order valence-electron chi connectivity index (χ1n) is 8.17. The Morgan fingerprint density at radius 2 is 1.89 bits per heavy atom. The topological polar surface area (TPSA) is 111 Å². The first-order chi connectivity index (χ1) is 12.9. The Morgan fingerprint density at radius 3 is 2.48 bits per heavy atom. The number of benzene rings is 2. The number of carbonyl (C=O) groups is 2. The van der Waals surface area contributed by atoms with Crippen molar-refractivity contribution in [2.24, 2.45) is 0 Å². The zero-order valence-electron chi connectivity index (χ0n) is 14.9. The Balaban J connectivity index is 2.24. The van der Waals surface area contributed by atoms with E-state index in [1.807, 2.05) is 6.92 Å². The molecule has 0 saturated heterocycles. The van der Waals surface area contributed by atoms with Crippen molar-refractivity contribution < 1.29 is 19.2 Å². The number of nitrogens with zero attached hydrogens (tertiary/aromatic N) is 1. The van der Waals surface area contributed by atoms with Crippen molar-refractivity contribution in [3.05, 3.63) is 69.9 Å². The fraction of sp³-hybridized carbons (Fsp3) is 0.158. The lowest BCUT2D eigenvalue weighted by molar-refractivity contribution is -0.384. The van der Waals surface area contributed by atoms with Crippen LogP contribution in [0.4, 0.5) is 11.4 Å². The molecule has 8 nitrogen and oxygen atoms in total. The maximum absolute atomic E-state index is 12.5. The van der Waals surface area contributed by atoms with Crippen LogP contribution < -0.4 is 15.4 Å². The highest BCUT2D eigenvalue weighted by Gasteiger charge is 2.13. The van der Waals surface area contributed by atoms with E-state index in [1.165, 1.54) is 31.2 Å². The zero-order valence-corrected chi connectivity index (χ0v) is 14.9. The van der Waals surface area contributed by atoms with Gasteiger partial charge in [-0.25, -0.2) is 0 Å². The van der Waals surface area contributed by atoms with E-state index >= 15 is 0 Å². The summed E-state index contributed by atoms with van der Waals surface area (Å²) in [5.41, 5.74) is 0.781. The van der Waals surface area contributed by atoms with Crippen LogP contribution in [0.5, 0.6) is 5.75 Å². The molecule has 0 aliphatic rings. The van der Waals surface area contributed by atoms with Crippen molar-refractivity contribution >= 4 is 29.3 Å². The minimum Gasteiger partial charge on any atom is -0.494 e. The molecule has 0 aliphatic heterocycles. The predicted molar refractivity (Wildman–Crippen MR) is 101 cm³/mol. The Bertz CT molecular complexity index is 875. The number of anilines is 1. The Hall–Kier alpha value is -3.68. The lowest BCUT2D eigenvalue weighted by Gasteiger charge is -2.10. The minimum atomic E-state index is -0.555. The molecule has 140 valence electrons. The first-order valence-corrected chi connectivity index (χ1v) is 8.17. The Labute approximate surface area is 156 Å². The van der Waals surface area contributed by atoms with Gasteiger partial charge in [-0.3, -0.25) is 19.7 Å². The van der Waals surface area contributed by atoms with Gasteiger partial charge < -0.3 is 15.4 Å². The molecule has 0 saturated carbocycles. The molecule has 2 N–H and O–H groups in total. The van der Waals surface area contributed by atoms with Crippen molar-refractivity contribution in [3.63, 3.8) is 0 Å². The quantitative estimate of drug-likeness (QED) is 0.443. The molecule has 2 aromatic carbocycles. The summed E-state index contributed by atoms with van der Waals surface area (Å²) in [4.78, 5) is 34.3. The van der Waals surface area contributed by atoms with Gasteiger partial charge in [-0.1, -0.05) is 12.1 Å². The molecule has 27 heavy (non-hydrogen) atoms.